The standard InChI is InChI=1S/C20H19N7O2/c1-13-5-7-14(8-6-13)12-27-16-17(26(2)20(29)24-18(16)28)23-19(27)25-22-11-15-4-3-9-21-10-15/h3-11H,12H2,1-2H3,(H,23,25)(H,24,28,29)/b22-11-. The summed E-state index contributed by atoms with van der Waals surface area (Å²) in [6.07, 6.45) is 4.96. The Morgan fingerprint density at radius 3 is 2.72 bits per heavy atom. The van der Waals surface area contributed by atoms with Crippen LogP contribution in [0.3, 0.4) is 0 Å². The quantitative estimate of drug-likeness (QED) is 0.398. The third kappa shape index (κ3) is 3.70. The molecule has 0 aliphatic carbocycles. The van der Waals surface area contributed by atoms with Crippen molar-refractivity contribution in [2.24, 2.45) is 12.1 Å². The van der Waals surface area contributed by atoms with Crippen LogP contribution in [0.5, 0.6) is 0 Å². The first kappa shape index (κ1) is 18.4. The van der Waals surface area contributed by atoms with Crippen molar-refractivity contribution in [2.75, 3.05) is 5.43 Å². The van der Waals surface area contributed by atoms with Crippen LogP contribution in [0.4, 0.5) is 5.95 Å². The van der Waals surface area contributed by atoms with Crippen LogP contribution in [0.2, 0.25) is 0 Å². The largest absolute Gasteiger partial charge is 0.329 e. The fourth-order valence-electron chi connectivity index (χ4n) is 2.97. The van der Waals surface area contributed by atoms with Gasteiger partial charge in [-0.05, 0) is 18.6 Å². The maximum Gasteiger partial charge on any atom is 0.329 e. The lowest BCUT2D eigenvalue weighted by Crippen LogP contribution is -2.29. The Morgan fingerprint density at radius 1 is 1.21 bits per heavy atom. The van der Waals surface area contributed by atoms with Crippen LogP contribution >= 0.6 is 0 Å². The summed E-state index contributed by atoms with van der Waals surface area (Å²) in [5.74, 6) is 0.354. The van der Waals surface area contributed by atoms with E-state index in [2.05, 4.69) is 25.5 Å². The zero-order valence-electron chi connectivity index (χ0n) is 16.0. The molecule has 0 bridgehead atoms. The van der Waals surface area contributed by atoms with Crippen LogP contribution in [-0.4, -0.2) is 30.3 Å². The smallest absolute Gasteiger partial charge is 0.298 e. The minimum absolute atomic E-state index is 0.282. The van der Waals surface area contributed by atoms with Crippen molar-refractivity contribution >= 4 is 23.3 Å². The van der Waals surface area contributed by atoms with Gasteiger partial charge in [-0.15, -0.1) is 0 Å². The number of pyridine rings is 1. The molecule has 1 aromatic carbocycles. The fourth-order valence-corrected chi connectivity index (χ4v) is 2.97. The third-order valence-electron chi connectivity index (χ3n) is 4.53. The first-order valence-corrected chi connectivity index (χ1v) is 8.97. The number of aryl methyl sites for hydroxylation is 2. The predicted molar refractivity (Wildman–Crippen MR) is 111 cm³/mol. The van der Waals surface area contributed by atoms with E-state index in [9.17, 15) is 9.59 Å². The number of benzene rings is 1. The van der Waals surface area contributed by atoms with Gasteiger partial charge in [0.25, 0.3) is 5.56 Å². The van der Waals surface area contributed by atoms with Gasteiger partial charge in [-0.25, -0.2) is 10.2 Å². The highest BCUT2D eigenvalue weighted by molar-refractivity contribution is 5.80. The lowest BCUT2D eigenvalue weighted by Gasteiger charge is -2.08. The molecule has 0 spiro atoms. The molecule has 9 nitrogen and oxygen atoms in total. The number of hydrogen-bond donors (Lipinski definition) is 2. The van der Waals surface area contributed by atoms with Crippen molar-refractivity contribution in [3.63, 3.8) is 0 Å². The highest BCUT2D eigenvalue weighted by atomic mass is 16.2. The van der Waals surface area contributed by atoms with E-state index in [-0.39, 0.29) is 5.65 Å². The molecular weight excluding hydrogens is 370 g/mol. The summed E-state index contributed by atoms with van der Waals surface area (Å²) in [6, 6.07) is 11.6. The number of rotatable bonds is 5. The van der Waals surface area contributed by atoms with Gasteiger partial charge in [0.1, 0.15) is 0 Å². The van der Waals surface area contributed by atoms with Gasteiger partial charge >= 0.3 is 5.69 Å². The molecule has 0 unspecified atom stereocenters. The van der Waals surface area contributed by atoms with Crippen molar-refractivity contribution in [3.05, 3.63) is 86.3 Å². The Labute approximate surface area is 165 Å². The van der Waals surface area contributed by atoms with Gasteiger partial charge in [0.15, 0.2) is 11.2 Å². The molecule has 0 radical (unpaired) electrons. The lowest BCUT2D eigenvalue weighted by molar-refractivity contribution is 0.808. The molecule has 0 amide bonds. The van der Waals surface area contributed by atoms with Gasteiger partial charge in [-0.1, -0.05) is 35.9 Å². The maximum atomic E-state index is 12.5. The molecule has 2 N–H and O–H groups in total. The Balaban J connectivity index is 1.79. The van der Waals surface area contributed by atoms with Crippen LogP contribution in [0.25, 0.3) is 11.2 Å². The van der Waals surface area contributed by atoms with E-state index < -0.39 is 11.2 Å². The number of hydrazone groups is 1. The Morgan fingerprint density at radius 2 is 2.00 bits per heavy atom. The van der Waals surface area contributed by atoms with E-state index in [4.69, 9.17) is 0 Å². The number of nitrogens with zero attached hydrogens (tertiary/aromatic N) is 5. The Hall–Kier alpha value is -4.01. The number of H-pyrrole nitrogens is 1. The summed E-state index contributed by atoms with van der Waals surface area (Å²) in [5, 5.41) is 4.21. The van der Waals surface area contributed by atoms with Crippen LogP contribution in [0, 0.1) is 6.92 Å². The molecule has 3 aromatic heterocycles. The molecule has 29 heavy (non-hydrogen) atoms. The van der Waals surface area contributed by atoms with Crippen LogP contribution in [-0.2, 0) is 13.6 Å². The Kier molecular flexibility index (Phi) is 4.78. The number of nitrogens with one attached hydrogen (secondary N) is 2. The van der Waals surface area contributed by atoms with Crippen LogP contribution in [0.1, 0.15) is 16.7 Å². The van der Waals surface area contributed by atoms with E-state index in [1.54, 1.807) is 30.2 Å². The Bertz CT molecular complexity index is 1300. The summed E-state index contributed by atoms with van der Waals surface area (Å²) in [4.78, 5) is 35.3. The predicted octanol–water partition coefficient (Wildman–Crippen LogP) is 1.62. The van der Waals surface area contributed by atoms with Gasteiger partial charge in [-0.2, -0.15) is 10.1 Å². The summed E-state index contributed by atoms with van der Waals surface area (Å²) in [5.41, 5.74) is 5.39. The average molecular weight is 389 g/mol. The second-order valence-corrected chi connectivity index (χ2v) is 6.65. The molecule has 4 rings (SSSR count). The number of imidazole rings is 1. The highest BCUT2D eigenvalue weighted by Crippen LogP contribution is 2.18. The first-order chi connectivity index (χ1) is 14.0. The number of hydrogen-bond acceptors (Lipinski definition) is 6. The molecule has 146 valence electrons. The van der Waals surface area contributed by atoms with E-state index in [1.807, 2.05) is 43.3 Å². The molecule has 0 saturated heterocycles. The topological polar surface area (TPSA) is 110 Å². The third-order valence-corrected chi connectivity index (χ3v) is 4.53. The van der Waals surface area contributed by atoms with Gasteiger partial charge in [0.2, 0.25) is 5.95 Å². The molecule has 3 heterocycles. The van der Waals surface area contributed by atoms with Crippen LogP contribution in [0.15, 0.2) is 63.5 Å². The summed E-state index contributed by atoms with van der Waals surface area (Å²) >= 11 is 0. The van der Waals surface area contributed by atoms with E-state index in [0.29, 0.717) is 18.0 Å². The minimum Gasteiger partial charge on any atom is -0.298 e. The minimum atomic E-state index is -0.520. The van der Waals surface area contributed by atoms with Gasteiger partial charge < -0.3 is 0 Å². The van der Waals surface area contributed by atoms with Crippen molar-refractivity contribution in [2.45, 2.75) is 13.5 Å². The number of anilines is 1. The second-order valence-electron chi connectivity index (χ2n) is 6.65. The average Bonchev–Trinajstić information content (AvgIpc) is 3.08. The second kappa shape index (κ2) is 7.55. The first-order valence-electron chi connectivity index (χ1n) is 8.97. The maximum absolute atomic E-state index is 12.5. The summed E-state index contributed by atoms with van der Waals surface area (Å²) in [6.45, 7) is 2.40. The van der Waals surface area contributed by atoms with Crippen molar-refractivity contribution in [1.29, 1.82) is 0 Å². The normalized spacial score (nSPS) is 11.4. The fraction of sp³-hybridized carbons (Fsp3) is 0.150. The monoisotopic (exact) mass is 389 g/mol. The molecular formula is C20H19N7O2. The zero-order valence-corrected chi connectivity index (χ0v) is 16.0. The van der Waals surface area contributed by atoms with E-state index in [1.165, 1.54) is 4.57 Å². The SMILES string of the molecule is Cc1ccc(Cn2c(N/N=C\c3cccnc3)nc3c2c(=O)[nH]c(=O)n3C)cc1. The van der Waals surface area contributed by atoms with Crippen molar-refractivity contribution < 1.29 is 0 Å². The van der Waals surface area contributed by atoms with Gasteiger partial charge in [0.05, 0.1) is 12.8 Å². The highest BCUT2D eigenvalue weighted by Gasteiger charge is 2.17. The molecule has 0 atom stereocenters. The molecule has 0 fully saturated rings. The summed E-state index contributed by atoms with van der Waals surface area (Å²) < 4.78 is 3.01. The zero-order chi connectivity index (χ0) is 20.4. The molecule has 0 aliphatic heterocycles. The van der Waals surface area contributed by atoms with Gasteiger partial charge in [0, 0.05) is 25.0 Å². The number of fused-ring (bicyclic) bond motifs is 1. The molecule has 4 aromatic rings. The number of aromatic nitrogens is 5. The van der Waals surface area contributed by atoms with E-state index >= 15 is 0 Å². The van der Waals surface area contributed by atoms with Crippen molar-refractivity contribution in [3.8, 4) is 0 Å². The molecule has 9 heteroatoms. The van der Waals surface area contributed by atoms with E-state index in [0.717, 1.165) is 16.7 Å². The molecule has 0 saturated carbocycles. The number of aromatic amines is 1. The van der Waals surface area contributed by atoms with Crippen LogP contribution < -0.4 is 16.7 Å². The van der Waals surface area contributed by atoms with Crippen molar-refractivity contribution in [1.82, 2.24) is 24.1 Å². The van der Waals surface area contributed by atoms with Gasteiger partial charge in [-0.3, -0.25) is 23.9 Å². The lowest BCUT2D eigenvalue weighted by atomic mass is 10.1. The summed E-state index contributed by atoms with van der Waals surface area (Å²) in [7, 11) is 1.56. The molecule has 0 aliphatic rings.